The van der Waals surface area contributed by atoms with Gasteiger partial charge in [-0.05, 0) is 30.7 Å². The summed E-state index contributed by atoms with van der Waals surface area (Å²) in [6, 6.07) is 11.8. The average Bonchev–Trinajstić information content (AvgIpc) is 2.48. The smallest absolute Gasteiger partial charge is 0.335 e. The van der Waals surface area contributed by atoms with Crippen molar-refractivity contribution >= 4 is 11.9 Å². The number of carbonyl (C=O) groups is 2. The van der Waals surface area contributed by atoms with Crippen LogP contribution in [0.4, 0.5) is 0 Å². The van der Waals surface area contributed by atoms with Gasteiger partial charge in [0.05, 0.1) is 23.7 Å². The number of nitrogens with one attached hydrogen (secondary N) is 1. The van der Waals surface area contributed by atoms with Gasteiger partial charge in [-0.3, -0.25) is 9.78 Å². The molecule has 5 heteroatoms. The van der Waals surface area contributed by atoms with Crippen molar-refractivity contribution in [1.82, 2.24) is 10.3 Å². The number of aromatic carboxylic acids is 1. The topological polar surface area (TPSA) is 79.3 Å². The molecule has 0 radical (unpaired) electrons. The number of amides is 1. The van der Waals surface area contributed by atoms with Gasteiger partial charge in [-0.15, -0.1) is 0 Å². The van der Waals surface area contributed by atoms with E-state index < -0.39 is 5.97 Å². The monoisotopic (exact) mass is 284 g/mol. The molecule has 1 aromatic carbocycles. The summed E-state index contributed by atoms with van der Waals surface area (Å²) in [7, 11) is 0. The van der Waals surface area contributed by atoms with Crippen LogP contribution in [0.1, 0.15) is 34.6 Å². The zero-order valence-corrected chi connectivity index (χ0v) is 11.6. The quantitative estimate of drug-likeness (QED) is 0.882. The second kappa shape index (κ2) is 6.65. The molecule has 1 amide bonds. The zero-order chi connectivity index (χ0) is 15.2. The molecule has 2 aromatic rings. The first-order chi connectivity index (χ1) is 10.1. The Balaban J connectivity index is 2.04. The van der Waals surface area contributed by atoms with Crippen LogP contribution in [0.25, 0.3) is 0 Å². The van der Waals surface area contributed by atoms with Crippen LogP contribution in [0.15, 0.2) is 48.7 Å². The maximum absolute atomic E-state index is 12.0. The highest BCUT2D eigenvalue weighted by Crippen LogP contribution is 2.12. The SMILES string of the molecule is C[C@H](NC(=O)Cc1ccccc1C(=O)O)c1ccccn1. The fourth-order valence-electron chi connectivity index (χ4n) is 2.05. The highest BCUT2D eigenvalue weighted by atomic mass is 16.4. The van der Waals surface area contributed by atoms with Gasteiger partial charge in [0.25, 0.3) is 0 Å². The molecular formula is C16H16N2O3. The average molecular weight is 284 g/mol. The largest absolute Gasteiger partial charge is 0.478 e. The van der Waals surface area contributed by atoms with Gasteiger partial charge in [-0.25, -0.2) is 4.79 Å². The highest BCUT2D eigenvalue weighted by molar-refractivity contribution is 5.91. The predicted octanol–water partition coefficient (Wildman–Crippen LogP) is 2.20. The molecule has 0 unspecified atom stereocenters. The van der Waals surface area contributed by atoms with Crippen molar-refractivity contribution in [2.45, 2.75) is 19.4 Å². The predicted molar refractivity (Wildman–Crippen MR) is 77.9 cm³/mol. The van der Waals surface area contributed by atoms with Crippen molar-refractivity contribution in [3.05, 3.63) is 65.5 Å². The van der Waals surface area contributed by atoms with E-state index in [1.165, 1.54) is 6.07 Å². The Bertz CT molecular complexity index is 641. The molecule has 108 valence electrons. The highest BCUT2D eigenvalue weighted by Gasteiger charge is 2.15. The maximum atomic E-state index is 12.0. The molecule has 1 aromatic heterocycles. The van der Waals surface area contributed by atoms with Crippen molar-refractivity contribution in [1.29, 1.82) is 0 Å². The molecule has 0 fully saturated rings. The van der Waals surface area contributed by atoms with Gasteiger partial charge in [-0.2, -0.15) is 0 Å². The number of hydrogen-bond acceptors (Lipinski definition) is 3. The third kappa shape index (κ3) is 3.89. The van der Waals surface area contributed by atoms with Crippen molar-refractivity contribution in [2.75, 3.05) is 0 Å². The molecule has 1 atom stereocenters. The number of carbonyl (C=O) groups excluding carboxylic acids is 1. The molecule has 0 spiro atoms. The van der Waals surface area contributed by atoms with Gasteiger partial charge in [0.15, 0.2) is 0 Å². The van der Waals surface area contributed by atoms with Crippen LogP contribution in [-0.2, 0) is 11.2 Å². The summed E-state index contributed by atoms with van der Waals surface area (Å²) in [5.41, 5.74) is 1.41. The Morgan fingerprint density at radius 3 is 2.57 bits per heavy atom. The van der Waals surface area contributed by atoms with Gasteiger partial charge < -0.3 is 10.4 Å². The van der Waals surface area contributed by atoms with Crippen LogP contribution < -0.4 is 5.32 Å². The van der Waals surface area contributed by atoms with E-state index in [2.05, 4.69) is 10.3 Å². The van der Waals surface area contributed by atoms with Gasteiger partial charge in [0, 0.05) is 6.20 Å². The lowest BCUT2D eigenvalue weighted by atomic mass is 10.0. The fraction of sp³-hybridized carbons (Fsp3) is 0.188. The van der Waals surface area contributed by atoms with E-state index in [1.807, 2.05) is 19.1 Å². The van der Waals surface area contributed by atoms with E-state index in [0.717, 1.165) is 5.69 Å². The first kappa shape index (κ1) is 14.7. The van der Waals surface area contributed by atoms with Gasteiger partial charge in [0.2, 0.25) is 5.91 Å². The molecule has 2 N–H and O–H groups in total. The minimum absolute atomic E-state index is 0.0274. The first-order valence-electron chi connectivity index (χ1n) is 6.59. The van der Waals surface area contributed by atoms with E-state index in [9.17, 15) is 9.59 Å². The number of hydrogen-bond donors (Lipinski definition) is 2. The number of nitrogens with zero attached hydrogens (tertiary/aromatic N) is 1. The molecule has 0 aliphatic heterocycles. The minimum atomic E-state index is -1.03. The van der Waals surface area contributed by atoms with Crippen LogP contribution in [0.5, 0.6) is 0 Å². The summed E-state index contributed by atoms with van der Waals surface area (Å²) in [6.07, 6.45) is 1.69. The molecular weight excluding hydrogens is 268 g/mol. The lowest BCUT2D eigenvalue weighted by molar-refractivity contribution is -0.121. The van der Waals surface area contributed by atoms with Crippen molar-refractivity contribution in [3.63, 3.8) is 0 Å². The summed E-state index contributed by atoms with van der Waals surface area (Å²) in [5.74, 6) is -1.27. The van der Waals surface area contributed by atoms with Gasteiger partial charge in [0.1, 0.15) is 0 Å². The lowest BCUT2D eigenvalue weighted by Crippen LogP contribution is -2.29. The number of benzene rings is 1. The Morgan fingerprint density at radius 2 is 1.90 bits per heavy atom. The molecule has 21 heavy (non-hydrogen) atoms. The van der Waals surface area contributed by atoms with E-state index in [1.54, 1.807) is 30.5 Å². The van der Waals surface area contributed by atoms with Crippen molar-refractivity contribution < 1.29 is 14.7 Å². The molecule has 5 nitrogen and oxygen atoms in total. The summed E-state index contributed by atoms with van der Waals surface area (Å²) >= 11 is 0. The van der Waals surface area contributed by atoms with Crippen LogP contribution in [0.2, 0.25) is 0 Å². The summed E-state index contributed by atoms with van der Waals surface area (Å²) < 4.78 is 0. The standard InChI is InChI=1S/C16H16N2O3/c1-11(14-8-4-5-9-17-14)18-15(19)10-12-6-2-3-7-13(12)16(20)21/h2-9,11H,10H2,1H3,(H,18,19)(H,20,21)/t11-/m0/s1. The molecule has 0 aliphatic rings. The zero-order valence-electron chi connectivity index (χ0n) is 11.6. The Labute approximate surface area is 122 Å². The van der Waals surface area contributed by atoms with Crippen molar-refractivity contribution in [3.8, 4) is 0 Å². The summed E-state index contributed by atoms with van der Waals surface area (Å²) in [6.45, 7) is 1.84. The molecule has 2 rings (SSSR count). The van der Waals surface area contributed by atoms with E-state index in [0.29, 0.717) is 5.56 Å². The molecule has 0 bridgehead atoms. The Hall–Kier alpha value is -2.69. The third-order valence-electron chi connectivity index (χ3n) is 3.11. The molecule has 0 saturated carbocycles. The van der Waals surface area contributed by atoms with Crippen LogP contribution in [0.3, 0.4) is 0 Å². The number of carboxylic acids is 1. The lowest BCUT2D eigenvalue weighted by Gasteiger charge is -2.13. The molecule has 1 heterocycles. The van der Waals surface area contributed by atoms with Crippen LogP contribution in [-0.4, -0.2) is 22.0 Å². The molecule has 0 saturated heterocycles. The van der Waals surface area contributed by atoms with E-state index >= 15 is 0 Å². The number of rotatable bonds is 5. The number of pyridine rings is 1. The van der Waals surface area contributed by atoms with E-state index in [-0.39, 0.29) is 23.9 Å². The third-order valence-corrected chi connectivity index (χ3v) is 3.11. The Morgan fingerprint density at radius 1 is 1.19 bits per heavy atom. The maximum Gasteiger partial charge on any atom is 0.335 e. The second-order valence-electron chi connectivity index (χ2n) is 4.68. The minimum Gasteiger partial charge on any atom is -0.478 e. The van der Waals surface area contributed by atoms with Crippen LogP contribution in [0, 0.1) is 0 Å². The second-order valence-corrected chi connectivity index (χ2v) is 4.68. The molecule has 0 aliphatic carbocycles. The van der Waals surface area contributed by atoms with Crippen LogP contribution >= 0.6 is 0 Å². The summed E-state index contributed by atoms with van der Waals surface area (Å²) in [4.78, 5) is 27.3. The number of aromatic nitrogens is 1. The Kier molecular flexibility index (Phi) is 4.66. The fourth-order valence-corrected chi connectivity index (χ4v) is 2.05. The van der Waals surface area contributed by atoms with Gasteiger partial charge in [-0.1, -0.05) is 24.3 Å². The number of carboxylic acid groups (broad SMARTS) is 1. The first-order valence-corrected chi connectivity index (χ1v) is 6.59. The normalized spacial score (nSPS) is 11.7. The van der Waals surface area contributed by atoms with E-state index in [4.69, 9.17) is 5.11 Å². The summed E-state index contributed by atoms with van der Waals surface area (Å²) in [5, 5.41) is 11.9. The van der Waals surface area contributed by atoms with Crippen molar-refractivity contribution in [2.24, 2.45) is 0 Å². The van der Waals surface area contributed by atoms with Gasteiger partial charge >= 0.3 is 5.97 Å².